The highest BCUT2D eigenvalue weighted by molar-refractivity contribution is 7.80. The molecule has 0 amide bonds. The molecular formula is C13H12ClN3S. The van der Waals surface area contributed by atoms with Crippen LogP contribution in [0.15, 0.2) is 42.6 Å². The van der Waals surface area contributed by atoms with Crippen molar-refractivity contribution in [1.82, 2.24) is 4.98 Å². The zero-order chi connectivity index (χ0) is 13.0. The third-order valence-electron chi connectivity index (χ3n) is 2.37. The Labute approximate surface area is 116 Å². The first-order valence-electron chi connectivity index (χ1n) is 5.41. The summed E-state index contributed by atoms with van der Waals surface area (Å²) in [5.41, 5.74) is 1.85. The first kappa shape index (κ1) is 12.8. The summed E-state index contributed by atoms with van der Waals surface area (Å²) in [6.45, 7) is 1.97. The molecule has 92 valence electrons. The van der Waals surface area contributed by atoms with Crippen LogP contribution in [-0.4, -0.2) is 10.1 Å². The van der Waals surface area contributed by atoms with E-state index in [2.05, 4.69) is 15.6 Å². The van der Waals surface area contributed by atoms with E-state index >= 15 is 0 Å². The zero-order valence-corrected chi connectivity index (χ0v) is 11.3. The van der Waals surface area contributed by atoms with Crippen LogP contribution >= 0.6 is 23.8 Å². The van der Waals surface area contributed by atoms with Crippen LogP contribution in [0.3, 0.4) is 0 Å². The van der Waals surface area contributed by atoms with E-state index in [-0.39, 0.29) is 0 Å². The molecule has 2 rings (SSSR count). The van der Waals surface area contributed by atoms with Gasteiger partial charge >= 0.3 is 0 Å². The first-order valence-corrected chi connectivity index (χ1v) is 6.19. The van der Waals surface area contributed by atoms with Crippen LogP contribution in [0.5, 0.6) is 0 Å². The van der Waals surface area contributed by atoms with Gasteiger partial charge in [0, 0.05) is 6.20 Å². The lowest BCUT2D eigenvalue weighted by Crippen LogP contribution is -2.20. The molecular weight excluding hydrogens is 266 g/mol. The van der Waals surface area contributed by atoms with Crippen LogP contribution in [0.25, 0.3) is 0 Å². The number of benzene rings is 1. The van der Waals surface area contributed by atoms with Crippen LogP contribution in [0, 0.1) is 6.92 Å². The maximum atomic E-state index is 6.11. The lowest BCUT2D eigenvalue weighted by atomic mass is 10.2. The number of hydrogen-bond acceptors (Lipinski definition) is 2. The maximum absolute atomic E-state index is 6.11. The first-order chi connectivity index (χ1) is 8.66. The number of aromatic nitrogens is 1. The third kappa shape index (κ3) is 3.18. The van der Waals surface area contributed by atoms with E-state index in [4.69, 9.17) is 23.8 Å². The van der Waals surface area contributed by atoms with Crippen molar-refractivity contribution in [3.63, 3.8) is 0 Å². The van der Waals surface area contributed by atoms with Crippen LogP contribution < -0.4 is 10.6 Å². The number of nitrogens with one attached hydrogen (secondary N) is 2. The van der Waals surface area contributed by atoms with Gasteiger partial charge in [-0.25, -0.2) is 4.98 Å². The SMILES string of the molecule is Cc1cccc(Cl)c1NC(=S)Nc1ccccn1. The lowest BCUT2D eigenvalue weighted by molar-refractivity contribution is 1.32. The third-order valence-corrected chi connectivity index (χ3v) is 2.89. The second-order valence-electron chi connectivity index (χ2n) is 3.73. The van der Waals surface area contributed by atoms with E-state index in [1.54, 1.807) is 6.20 Å². The minimum Gasteiger partial charge on any atom is -0.331 e. The summed E-state index contributed by atoms with van der Waals surface area (Å²) in [6.07, 6.45) is 1.70. The molecule has 0 aliphatic heterocycles. The van der Waals surface area contributed by atoms with Gasteiger partial charge in [-0.15, -0.1) is 0 Å². The Morgan fingerprint density at radius 3 is 2.67 bits per heavy atom. The Balaban J connectivity index is 2.08. The molecule has 18 heavy (non-hydrogen) atoms. The Morgan fingerprint density at radius 2 is 2.00 bits per heavy atom. The topological polar surface area (TPSA) is 37.0 Å². The average Bonchev–Trinajstić information content (AvgIpc) is 2.35. The molecule has 3 nitrogen and oxygen atoms in total. The van der Waals surface area contributed by atoms with Crippen LogP contribution in [0.1, 0.15) is 5.56 Å². The van der Waals surface area contributed by atoms with Crippen molar-refractivity contribution >= 4 is 40.4 Å². The molecule has 1 aromatic carbocycles. The van der Waals surface area contributed by atoms with E-state index < -0.39 is 0 Å². The van der Waals surface area contributed by atoms with Gasteiger partial charge in [0.05, 0.1) is 10.7 Å². The quantitative estimate of drug-likeness (QED) is 0.818. The molecule has 0 saturated heterocycles. The number of hydrogen-bond donors (Lipinski definition) is 2. The van der Waals surface area contributed by atoms with E-state index in [1.807, 2.05) is 43.3 Å². The summed E-state index contributed by atoms with van der Waals surface area (Å²) in [7, 11) is 0. The van der Waals surface area contributed by atoms with Crippen molar-refractivity contribution in [2.45, 2.75) is 6.92 Å². The Morgan fingerprint density at radius 1 is 1.17 bits per heavy atom. The highest BCUT2D eigenvalue weighted by Crippen LogP contribution is 2.25. The highest BCUT2D eigenvalue weighted by Gasteiger charge is 2.05. The minimum atomic E-state index is 0.463. The summed E-state index contributed by atoms with van der Waals surface area (Å²) >= 11 is 11.3. The van der Waals surface area contributed by atoms with Gasteiger partial charge in [0.1, 0.15) is 5.82 Å². The second kappa shape index (κ2) is 5.80. The predicted molar refractivity (Wildman–Crippen MR) is 80.3 cm³/mol. The van der Waals surface area contributed by atoms with E-state index in [0.29, 0.717) is 16.0 Å². The Hall–Kier alpha value is -1.65. The molecule has 0 spiro atoms. The van der Waals surface area contributed by atoms with Gasteiger partial charge in [0.15, 0.2) is 5.11 Å². The molecule has 2 N–H and O–H groups in total. The minimum absolute atomic E-state index is 0.463. The van der Waals surface area contributed by atoms with Gasteiger partial charge in [0.2, 0.25) is 0 Å². The van der Waals surface area contributed by atoms with Gasteiger partial charge < -0.3 is 10.6 Å². The molecule has 1 aromatic heterocycles. The zero-order valence-electron chi connectivity index (χ0n) is 9.77. The fourth-order valence-electron chi connectivity index (χ4n) is 1.49. The van der Waals surface area contributed by atoms with Gasteiger partial charge in [-0.2, -0.15) is 0 Å². The Kier molecular flexibility index (Phi) is 4.12. The summed E-state index contributed by atoms with van der Waals surface area (Å²) in [5.74, 6) is 0.694. The molecule has 0 bridgehead atoms. The van der Waals surface area contributed by atoms with Crippen molar-refractivity contribution in [1.29, 1.82) is 0 Å². The number of aryl methyl sites for hydroxylation is 1. The van der Waals surface area contributed by atoms with E-state index in [1.165, 1.54) is 0 Å². The smallest absolute Gasteiger partial charge is 0.176 e. The number of anilines is 2. The molecule has 0 atom stereocenters. The molecule has 0 aliphatic carbocycles. The average molecular weight is 278 g/mol. The van der Waals surface area contributed by atoms with Crippen molar-refractivity contribution in [3.8, 4) is 0 Å². The Bertz CT molecular complexity index is 537. The number of nitrogens with zero attached hydrogens (tertiary/aromatic N) is 1. The molecule has 5 heteroatoms. The fraction of sp³-hybridized carbons (Fsp3) is 0.0769. The molecule has 0 radical (unpaired) electrons. The van der Waals surface area contributed by atoms with Gasteiger partial charge in [-0.3, -0.25) is 0 Å². The normalized spacial score (nSPS) is 9.89. The molecule has 1 heterocycles. The van der Waals surface area contributed by atoms with Gasteiger partial charge in [-0.1, -0.05) is 29.8 Å². The van der Waals surface area contributed by atoms with E-state index in [0.717, 1.165) is 11.3 Å². The second-order valence-corrected chi connectivity index (χ2v) is 4.54. The number of thiocarbonyl (C=S) groups is 1. The lowest BCUT2D eigenvalue weighted by Gasteiger charge is -2.13. The van der Waals surface area contributed by atoms with E-state index in [9.17, 15) is 0 Å². The molecule has 0 fully saturated rings. The fourth-order valence-corrected chi connectivity index (χ4v) is 1.96. The number of para-hydroxylation sites is 1. The predicted octanol–water partition coefficient (Wildman–Crippen LogP) is 3.85. The number of rotatable bonds is 2. The van der Waals surface area contributed by atoms with Crippen molar-refractivity contribution in [2.75, 3.05) is 10.6 Å². The number of halogens is 1. The van der Waals surface area contributed by atoms with Crippen LogP contribution in [0.4, 0.5) is 11.5 Å². The summed E-state index contributed by atoms with van der Waals surface area (Å²) < 4.78 is 0. The number of pyridine rings is 1. The molecule has 0 aliphatic rings. The van der Waals surface area contributed by atoms with Crippen molar-refractivity contribution in [3.05, 3.63) is 53.2 Å². The highest BCUT2D eigenvalue weighted by atomic mass is 35.5. The van der Waals surface area contributed by atoms with Crippen LogP contribution in [-0.2, 0) is 0 Å². The van der Waals surface area contributed by atoms with Crippen LogP contribution in [0.2, 0.25) is 5.02 Å². The summed E-state index contributed by atoms with van der Waals surface area (Å²) in [6, 6.07) is 11.3. The monoisotopic (exact) mass is 277 g/mol. The standard InChI is InChI=1S/C13H12ClN3S/c1-9-5-4-6-10(14)12(9)17-13(18)16-11-7-2-3-8-15-11/h2-8H,1H3,(H2,15,16,17,18). The van der Waals surface area contributed by atoms with Crippen molar-refractivity contribution < 1.29 is 0 Å². The molecule has 0 unspecified atom stereocenters. The largest absolute Gasteiger partial charge is 0.331 e. The van der Waals surface area contributed by atoms with Crippen molar-refractivity contribution in [2.24, 2.45) is 0 Å². The molecule has 0 saturated carbocycles. The molecule has 2 aromatic rings. The van der Waals surface area contributed by atoms with Gasteiger partial charge in [-0.05, 0) is 42.9 Å². The van der Waals surface area contributed by atoms with Gasteiger partial charge in [0.25, 0.3) is 0 Å². The summed E-state index contributed by atoms with van der Waals surface area (Å²) in [4.78, 5) is 4.13. The maximum Gasteiger partial charge on any atom is 0.176 e. The summed E-state index contributed by atoms with van der Waals surface area (Å²) in [5, 5.41) is 7.17.